The molecule has 1 amide bonds. The van der Waals surface area contributed by atoms with Crippen molar-refractivity contribution < 1.29 is 14.3 Å². The maximum atomic E-state index is 11.4. The molecule has 0 aromatic rings. The van der Waals surface area contributed by atoms with Crippen LogP contribution in [0.1, 0.15) is 39.5 Å². The molecule has 0 bridgehead atoms. The Morgan fingerprint density at radius 1 is 1.63 bits per heavy atom. The minimum atomic E-state index is -0.415. The number of nitrogens with one attached hydrogen (secondary N) is 1. The fourth-order valence-electron chi connectivity index (χ4n) is 2.72. The number of carbonyl (C=O) groups is 2. The van der Waals surface area contributed by atoms with Gasteiger partial charge in [0.1, 0.15) is 12.4 Å². The Morgan fingerprint density at radius 3 is 3.00 bits per heavy atom. The summed E-state index contributed by atoms with van der Waals surface area (Å²) in [6.45, 7) is 5.06. The van der Waals surface area contributed by atoms with E-state index in [1.807, 2.05) is 0 Å². The third kappa shape index (κ3) is 5.34. The van der Waals surface area contributed by atoms with Crippen molar-refractivity contribution in [3.05, 3.63) is 0 Å². The maximum Gasteiger partial charge on any atom is 0.407 e. The molecule has 0 aliphatic heterocycles. The van der Waals surface area contributed by atoms with Crippen LogP contribution in [0.25, 0.3) is 0 Å². The summed E-state index contributed by atoms with van der Waals surface area (Å²) in [6, 6.07) is 0. The normalized spacial score (nSPS) is 24.4. The first-order valence-corrected chi connectivity index (χ1v) is 6.90. The second-order valence-electron chi connectivity index (χ2n) is 5.37. The number of hydrogen-bond acceptors (Lipinski definition) is 3. The van der Waals surface area contributed by atoms with Gasteiger partial charge in [-0.1, -0.05) is 13.8 Å². The Balaban J connectivity index is 2.27. The van der Waals surface area contributed by atoms with Gasteiger partial charge in [0.15, 0.2) is 0 Å². The monoisotopic (exact) mass is 265 g/mol. The van der Waals surface area contributed by atoms with Gasteiger partial charge in [0.25, 0.3) is 0 Å². The lowest BCUT2D eigenvalue weighted by atomic mass is 9.73. The molecule has 3 unspecified atom stereocenters. The Labute approximate surface area is 115 Å². The highest BCUT2D eigenvalue weighted by atomic mass is 16.5. The van der Waals surface area contributed by atoms with Crippen LogP contribution >= 0.6 is 0 Å². The molecule has 1 saturated carbocycles. The smallest absolute Gasteiger partial charge is 0.407 e. The molecule has 1 fully saturated rings. The maximum absolute atomic E-state index is 11.4. The Bertz CT molecular complexity index is 359. The van der Waals surface area contributed by atoms with Crippen LogP contribution in [-0.2, 0) is 9.53 Å². The summed E-state index contributed by atoms with van der Waals surface area (Å²) in [5, 5.41) is 2.76. The predicted molar refractivity (Wildman–Crippen MR) is 73.5 cm³/mol. The molecule has 0 spiro atoms. The first kappa shape index (κ1) is 15.6. The van der Waals surface area contributed by atoms with Crippen LogP contribution in [0.2, 0.25) is 0 Å². The van der Waals surface area contributed by atoms with Gasteiger partial charge in [0.2, 0.25) is 0 Å². The van der Waals surface area contributed by atoms with Gasteiger partial charge < -0.3 is 10.1 Å². The van der Waals surface area contributed by atoms with Crippen LogP contribution in [0.3, 0.4) is 0 Å². The minimum absolute atomic E-state index is 0.255. The summed E-state index contributed by atoms with van der Waals surface area (Å²) in [7, 11) is 0. The number of hydrogen-bond donors (Lipinski definition) is 1. The van der Waals surface area contributed by atoms with Gasteiger partial charge in [-0.25, -0.2) is 4.79 Å². The lowest BCUT2D eigenvalue weighted by Gasteiger charge is -2.32. The molecule has 1 N–H and O–H groups in total. The Kier molecular flexibility index (Phi) is 6.41. The number of amides is 1. The zero-order chi connectivity index (χ0) is 14.3. The molecule has 19 heavy (non-hydrogen) atoms. The third-order valence-corrected chi connectivity index (χ3v) is 3.82. The van der Waals surface area contributed by atoms with Crippen molar-refractivity contribution in [3.63, 3.8) is 0 Å². The molecule has 1 aliphatic carbocycles. The van der Waals surface area contributed by atoms with Crippen molar-refractivity contribution in [2.75, 3.05) is 13.2 Å². The van der Waals surface area contributed by atoms with E-state index in [1.54, 1.807) is 0 Å². The van der Waals surface area contributed by atoms with Crippen LogP contribution in [0.15, 0.2) is 0 Å². The Hall–Kier alpha value is -1.50. The first-order chi connectivity index (χ1) is 9.04. The third-order valence-electron chi connectivity index (χ3n) is 3.82. The molecule has 0 radical (unpaired) electrons. The molecule has 1 rings (SSSR count). The summed E-state index contributed by atoms with van der Waals surface area (Å²) in [4.78, 5) is 22.7. The number of carbonyl (C=O) groups excluding carboxylic acids is 2. The van der Waals surface area contributed by atoms with E-state index in [-0.39, 0.29) is 6.61 Å². The van der Waals surface area contributed by atoms with Gasteiger partial charge in [-0.05, 0) is 24.2 Å². The molecule has 1 aliphatic rings. The van der Waals surface area contributed by atoms with E-state index in [2.05, 4.69) is 25.1 Å². The van der Waals surface area contributed by atoms with Gasteiger partial charge >= 0.3 is 6.09 Å². The average Bonchev–Trinajstić information content (AvgIpc) is 2.36. The van der Waals surface area contributed by atoms with Crippen molar-refractivity contribution in [3.8, 4) is 12.3 Å². The predicted octanol–water partition coefficient (Wildman–Crippen LogP) is 2.38. The quantitative estimate of drug-likeness (QED) is 0.613. The topological polar surface area (TPSA) is 55.4 Å². The van der Waals surface area contributed by atoms with Gasteiger partial charge in [0, 0.05) is 25.8 Å². The lowest BCUT2D eigenvalue weighted by Crippen LogP contribution is -2.36. The first-order valence-electron chi connectivity index (χ1n) is 6.90. The molecule has 0 saturated heterocycles. The van der Waals surface area contributed by atoms with Gasteiger partial charge in [0.05, 0.1) is 0 Å². The van der Waals surface area contributed by atoms with Crippen LogP contribution in [0, 0.1) is 30.1 Å². The average molecular weight is 265 g/mol. The van der Waals surface area contributed by atoms with E-state index < -0.39 is 6.09 Å². The standard InChI is InChI=1S/C15H23NO3/c1-4-5-8-19-15(18)16-10-12(3)14-7-6-13(17)9-11(14)2/h1,11-12,14H,5-10H2,2-3H3,(H,16,18). The zero-order valence-electron chi connectivity index (χ0n) is 11.8. The van der Waals surface area contributed by atoms with Crippen LogP contribution in [0.5, 0.6) is 0 Å². The number of Topliss-reactive ketones (excluding diaryl/α,β-unsaturated/α-hetero) is 1. The zero-order valence-corrected chi connectivity index (χ0v) is 11.8. The Morgan fingerprint density at radius 2 is 2.37 bits per heavy atom. The minimum Gasteiger partial charge on any atom is -0.449 e. The van der Waals surface area contributed by atoms with Crippen molar-refractivity contribution in [2.45, 2.75) is 39.5 Å². The number of ether oxygens (including phenoxy) is 1. The van der Waals surface area contributed by atoms with E-state index in [4.69, 9.17) is 11.2 Å². The molecular formula is C15H23NO3. The molecule has 3 atom stereocenters. The number of ketones is 1. The van der Waals surface area contributed by atoms with Crippen LogP contribution < -0.4 is 5.32 Å². The number of terminal acetylenes is 1. The summed E-state index contributed by atoms with van der Waals surface area (Å²) >= 11 is 0. The van der Waals surface area contributed by atoms with E-state index >= 15 is 0 Å². The molecule has 106 valence electrons. The number of alkyl carbamates (subject to hydrolysis) is 1. The fraction of sp³-hybridized carbons (Fsp3) is 0.733. The summed E-state index contributed by atoms with van der Waals surface area (Å²) < 4.78 is 4.92. The van der Waals surface area contributed by atoms with Crippen molar-refractivity contribution in [1.82, 2.24) is 5.32 Å². The molecule has 0 aromatic heterocycles. The second kappa shape index (κ2) is 7.83. The highest BCUT2D eigenvalue weighted by Gasteiger charge is 2.30. The largest absolute Gasteiger partial charge is 0.449 e. The molecule has 0 heterocycles. The number of rotatable bonds is 5. The summed E-state index contributed by atoms with van der Waals surface area (Å²) in [5.41, 5.74) is 0. The molecule has 4 nitrogen and oxygen atoms in total. The second-order valence-corrected chi connectivity index (χ2v) is 5.37. The van der Waals surface area contributed by atoms with E-state index in [1.165, 1.54) is 0 Å². The van der Waals surface area contributed by atoms with Crippen molar-refractivity contribution >= 4 is 11.9 Å². The summed E-state index contributed by atoms with van der Waals surface area (Å²) in [6.07, 6.45) is 7.36. The van der Waals surface area contributed by atoms with E-state index in [9.17, 15) is 9.59 Å². The SMILES string of the molecule is C#CCCOC(=O)NCC(C)C1CCC(=O)CC1C. The van der Waals surface area contributed by atoms with E-state index in [0.717, 1.165) is 6.42 Å². The van der Waals surface area contributed by atoms with Crippen molar-refractivity contribution in [1.29, 1.82) is 0 Å². The van der Waals surface area contributed by atoms with Gasteiger partial charge in [-0.3, -0.25) is 4.79 Å². The molecular weight excluding hydrogens is 242 g/mol. The highest BCUT2D eigenvalue weighted by Crippen LogP contribution is 2.33. The van der Waals surface area contributed by atoms with Crippen LogP contribution in [-0.4, -0.2) is 25.0 Å². The summed E-state index contributed by atoms with van der Waals surface area (Å²) in [5.74, 6) is 4.01. The van der Waals surface area contributed by atoms with Gasteiger partial charge in [-0.15, -0.1) is 12.3 Å². The van der Waals surface area contributed by atoms with Crippen molar-refractivity contribution in [2.24, 2.45) is 17.8 Å². The molecule has 4 heteroatoms. The lowest BCUT2D eigenvalue weighted by molar-refractivity contribution is -0.122. The fourth-order valence-corrected chi connectivity index (χ4v) is 2.72. The van der Waals surface area contributed by atoms with E-state index in [0.29, 0.717) is 49.3 Å². The van der Waals surface area contributed by atoms with Crippen LogP contribution in [0.4, 0.5) is 4.79 Å². The highest BCUT2D eigenvalue weighted by molar-refractivity contribution is 5.79. The van der Waals surface area contributed by atoms with Gasteiger partial charge in [-0.2, -0.15) is 0 Å². The molecule has 0 aromatic carbocycles.